The van der Waals surface area contributed by atoms with E-state index in [1.165, 1.54) is 31.2 Å². The number of nitriles is 1. The molecule has 1 aliphatic rings. The van der Waals surface area contributed by atoms with Gasteiger partial charge in [0, 0.05) is 0 Å². The Morgan fingerprint density at radius 3 is 2.45 bits per heavy atom. The number of hydrogen-bond donors (Lipinski definition) is 1. The van der Waals surface area contributed by atoms with Crippen LogP contribution in [0.2, 0.25) is 0 Å². The maximum absolute atomic E-state index is 13.4. The van der Waals surface area contributed by atoms with Gasteiger partial charge < -0.3 is 9.84 Å². The van der Waals surface area contributed by atoms with E-state index in [9.17, 15) is 29.1 Å². The lowest BCUT2D eigenvalue weighted by Gasteiger charge is -2.18. The third kappa shape index (κ3) is 5.22. The average molecular weight is 550 g/mol. The Hall–Kier alpha value is -4.27. The highest BCUT2D eigenvalue weighted by Gasteiger charge is 2.35. The number of amides is 1. The Bertz CT molecular complexity index is 1590. The van der Waals surface area contributed by atoms with Gasteiger partial charge in [-0.2, -0.15) is 5.26 Å². The number of ketones is 1. The van der Waals surface area contributed by atoms with Gasteiger partial charge in [-0.3, -0.25) is 23.9 Å². The van der Waals surface area contributed by atoms with Gasteiger partial charge in [0.2, 0.25) is 5.88 Å². The second-order valence-electron chi connectivity index (χ2n) is 8.29. The Morgan fingerprint density at radius 2 is 1.84 bits per heavy atom. The van der Waals surface area contributed by atoms with Crippen LogP contribution in [0.3, 0.4) is 0 Å². The van der Waals surface area contributed by atoms with Crippen molar-refractivity contribution in [2.45, 2.75) is 13.5 Å². The summed E-state index contributed by atoms with van der Waals surface area (Å²) in [7, 11) is 1.55. The molecule has 38 heavy (non-hydrogen) atoms. The van der Waals surface area contributed by atoms with E-state index in [0.29, 0.717) is 16.2 Å². The molecule has 1 aliphatic heterocycles. The summed E-state index contributed by atoms with van der Waals surface area (Å²) in [4.78, 5) is 40.7. The van der Waals surface area contributed by atoms with E-state index in [0.717, 1.165) is 26.8 Å². The van der Waals surface area contributed by atoms with Gasteiger partial charge in [0.25, 0.3) is 11.5 Å². The maximum Gasteiger partial charge on any atom is 0.271 e. The van der Waals surface area contributed by atoms with Gasteiger partial charge in [0.15, 0.2) is 5.78 Å². The monoisotopic (exact) mass is 549 g/mol. The number of carbonyl (C=O) groups excluding carboxylic acids is 2. The van der Waals surface area contributed by atoms with Crippen LogP contribution in [0.25, 0.3) is 6.08 Å². The summed E-state index contributed by atoms with van der Waals surface area (Å²) in [5, 5.41) is 20.5. The van der Waals surface area contributed by atoms with Crippen molar-refractivity contribution in [2.24, 2.45) is 0 Å². The van der Waals surface area contributed by atoms with Crippen LogP contribution in [0.5, 0.6) is 11.6 Å². The molecule has 2 heterocycles. The Kier molecular flexibility index (Phi) is 7.75. The minimum Gasteiger partial charge on any atom is -0.497 e. The van der Waals surface area contributed by atoms with Crippen molar-refractivity contribution >= 4 is 46.1 Å². The number of pyridine rings is 1. The summed E-state index contributed by atoms with van der Waals surface area (Å²) in [6.07, 6.45) is 1.64. The quantitative estimate of drug-likeness (QED) is 0.267. The summed E-state index contributed by atoms with van der Waals surface area (Å²) >= 11 is 6.36. The molecule has 0 atom stereocenters. The number of nitrogens with zero attached hydrogens (tertiary/aromatic N) is 3. The minimum absolute atomic E-state index is 0.00503. The fraction of sp³-hybridized carbons (Fsp3) is 0.148. The van der Waals surface area contributed by atoms with E-state index in [2.05, 4.69) is 0 Å². The number of thioether (sulfide) groups is 1. The first-order valence-corrected chi connectivity index (χ1v) is 12.4. The Labute approximate surface area is 226 Å². The number of Topliss-reactive ketones (excluding diaryl/α,β-unsaturated/α-hetero) is 1. The molecule has 1 N–H and O–H groups in total. The molecule has 1 aromatic heterocycles. The van der Waals surface area contributed by atoms with Gasteiger partial charge in [-0.25, -0.2) is 4.39 Å². The molecule has 0 spiro atoms. The van der Waals surface area contributed by atoms with E-state index in [1.807, 2.05) is 0 Å². The molecule has 0 aliphatic carbocycles. The number of ether oxygens (including phenoxy) is 1. The number of methoxy groups -OCH3 is 1. The highest BCUT2D eigenvalue weighted by Crippen LogP contribution is 2.33. The number of halogens is 1. The fourth-order valence-electron chi connectivity index (χ4n) is 3.91. The first-order chi connectivity index (χ1) is 18.1. The van der Waals surface area contributed by atoms with Crippen LogP contribution in [0.4, 0.5) is 4.39 Å². The molecule has 192 valence electrons. The molecular weight excluding hydrogens is 529 g/mol. The summed E-state index contributed by atoms with van der Waals surface area (Å²) in [6, 6.07) is 14.0. The lowest BCUT2D eigenvalue weighted by molar-refractivity contribution is -0.121. The zero-order valence-electron chi connectivity index (χ0n) is 20.2. The predicted molar refractivity (Wildman–Crippen MR) is 145 cm³/mol. The zero-order chi connectivity index (χ0) is 27.6. The fourth-order valence-corrected chi connectivity index (χ4v) is 5.17. The molecule has 0 saturated carbocycles. The maximum atomic E-state index is 13.4. The lowest BCUT2D eigenvalue weighted by atomic mass is 10.0. The standard InChI is InChI=1S/C27H20FN3O5S2/c1-15-20(12-29)24(33)30(13-17-3-7-18(28)8-4-17)26(35)23(15)21(32)14-31-25(34)22(38-27(31)37)11-16-5-9-19(36-2)10-6-16/h3-11,35H,13-14H2,1-2H3/b22-11-. The topological polar surface area (TPSA) is 113 Å². The second kappa shape index (κ2) is 11.0. The largest absolute Gasteiger partial charge is 0.497 e. The van der Waals surface area contributed by atoms with Crippen LogP contribution in [-0.4, -0.2) is 44.2 Å². The van der Waals surface area contributed by atoms with Crippen LogP contribution >= 0.6 is 24.0 Å². The lowest BCUT2D eigenvalue weighted by Crippen LogP contribution is -2.35. The summed E-state index contributed by atoms with van der Waals surface area (Å²) in [6.45, 7) is 0.674. The van der Waals surface area contributed by atoms with Crippen LogP contribution in [0, 0.1) is 24.1 Å². The molecule has 8 nitrogen and oxygen atoms in total. The molecule has 0 unspecified atom stereocenters. The number of hydrogen-bond acceptors (Lipinski definition) is 8. The summed E-state index contributed by atoms with van der Waals surface area (Å²) in [5.74, 6) is -1.66. The van der Waals surface area contributed by atoms with Gasteiger partial charge in [0.05, 0.1) is 30.7 Å². The number of carbonyl (C=O) groups is 2. The van der Waals surface area contributed by atoms with Crippen molar-refractivity contribution in [3.05, 3.63) is 97.4 Å². The van der Waals surface area contributed by atoms with Crippen LogP contribution in [0.1, 0.15) is 32.6 Å². The molecule has 3 aromatic rings. The number of benzene rings is 2. The first kappa shape index (κ1) is 26.8. The molecule has 1 fully saturated rings. The third-order valence-corrected chi connectivity index (χ3v) is 7.30. The Morgan fingerprint density at radius 1 is 1.18 bits per heavy atom. The van der Waals surface area contributed by atoms with Gasteiger partial charge in [-0.15, -0.1) is 0 Å². The van der Waals surface area contributed by atoms with Crippen molar-refractivity contribution < 1.29 is 23.8 Å². The van der Waals surface area contributed by atoms with Crippen molar-refractivity contribution in [2.75, 3.05) is 13.7 Å². The van der Waals surface area contributed by atoms with E-state index in [1.54, 1.807) is 43.5 Å². The number of thiocarbonyl (C=S) groups is 1. The van der Waals surface area contributed by atoms with E-state index >= 15 is 0 Å². The van der Waals surface area contributed by atoms with Crippen LogP contribution in [0.15, 0.2) is 58.2 Å². The van der Waals surface area contributed by atoms with E-state index < -0.39 is 35.5 Å². The number of aromatic hydroxyl groups is 1. The zero-order valence-corrected chi connectivity index (χ0v) is 21.9. The highest BCUT2D eigenvalue weighted by atomic mass is 32.2. The minimum atomic E-state index is -0.795. The molecule has 2 aromatic carbocycles. The van der Waals surface area contributed by atoms with Gasteiger partial charge in [0.1, 0.15) is 27.5 Å². The summed E-state index contributed by atoms with van der Waals surface area (Å²) in [5.41, 5.74) is -0.186. The SMILES string of the molecule is COc1ccc(/C=C2\SC(=S)N(CC(=O)c3c(C)c(C#N)c(=O)n(Cc4ccc(F)cc4)c3O)C2=O)cc1. The molecule has 11 heteroatoms. The third-order valence-electron chi connectivity index (χ3n) is 5.92. The summed E-state index contributed by atoms with van der Waals surface area (Å²) < 4.78 is 19.5. The van der Waals surface area contributed by atoms with E-state index in [-0.39, 0.29) is 27.6 Å². The number of aromatic nitrogens is 1. The normalized spacial score (nSPS) is 14.2. The second-order valence-corrected chi connectivity index (χ2v) is 9.97. The van der Waals surface area contributed by atoms with Crippen LogP contribution < -0.4 is 10.3 Å². The van der Waals surface area contributed by atoms with Gasteiger partial charge >= 0.3 is 0 Å². The molecule has 0 radical (unpaired) electrons. The molecule has 1 amide bonds. The number of rotatable bonds is 7. The predicted octanol–water partition coefficient (Wildman–Crippen LogP) is 4.01. The molecule has 4 rings (SSSR count). The van der Waals surface area contributed by atoms with Gasteiger partial charge in [-0.1, -0.05) is 48.2 Å². The smallest absolute Gasteiger partial charge is 0.271 e. The van der Waals surface area contributed by atoms with Crippen LogP contribution in [-0.2, 0) is 11.3 Å². The van der Waals surface area contributed by atoms with Gasteiger partial charge in [-0.05, 0) is 54.0 Å². The molecule has 0 bridgehead atoms. The molecule has 1 saturated heterocycles. The molecular formula is C27H20FN3O5S2. The van der Waals surface area contributed by atoms with E-state index in [4.69, 9.17) is 17.0 Å². The first-order valence-electron chi connectivity index (χ1n) is 11.2. The highest BCUT2D eigenvalue weighted by molar-refractivity contribution is 8.26. The Balaban J connectivity index is 1.65. The van der Waals surface area contributed by atoms with Crippen molar-refractivity contribution in [1.82, 2.24) is 9.47 Å². The van der Waals surface area contributed by atoms with Crippen molar-refractivity contribution in [3.63, 3.8) is 0 Å². The van der Waals surface area contributed by atoms with Crippen molar-refractivity contribution in [1.29, 1.82) is 5.26 Å². The average Bonchev–Trinajstić information content (AvgIpc) is 3.15. The van der Waals surface area contributed by atoms with Crippen molar-refractivity contribution in [3.8, 4) is 17.7 Å².